The van der Waals surface area contributed by atoms with E-state index in [0.29, 0.717) is 11.6 Å². The van der Waals surface area contributed by atoms with Crippen LogP contribution < -0.4 is 16.0 Å². The van der Waals surface area contributed by atoms with Crippen LogP contribution in [0.5, 0.6) is 5.75 Å². The molecule has 2 rings (SSSR count). The van der Waals surface area contributed by atoms with Crippen LogP contribution in [0.3, 0.4) is 0 Å². The van der Waals surface area contributed by atoms with Gasteiger partial charge in [0.25, 0.3) is 0 Å². The summed E-state index contributed by atoms with van der Waals surface area (Å²) in [5, 5.41) is 0.695. The molecule has 0 saturated heterocycles. The van der Waals surface area contributed by atoms with E-state index in [9.17, 15) is 0 Å². The van der Waals surface area contributed by atoms with E-state index in [1.54, 1.807) is 12.1 Å². The van der Waals surface area contributed by atoms with Crippen molar-refractivity contribution < 1.29 is 4.74 Å². The second kappa shape index (κ2) is 6.75. The van der Waals surface area contributed by atoms with Gasteiger partial charge in [-0.15, -0.1) is 0 Å². The SMILES string of the molecule is Cc1cc(C)cc(C(COc2ccc(Cl)cc2)NN)c1. The number of rotatable bonds is 5. The Hall–Kier alpha value is -1.55. The van der Waals surface area contributed by atoms with E-state index < -0.39 is 0 Å². The summed E-state index contributed by atoms with van der Waals surface area (Å²) in [7, 11) is 0. The maximum absolute atomic E-state index is 5.84. The molecule has 1 atom stereocenters. The Morgan fingerprint density at radius 1 is 1.10 bits per heavy atom. The highest BCUT2D eigenvalue weighted by atomic mass is 35.5. The van der Waals surface area contributed by atoms with Crippen LogP contribution in [0, 0.1) is 13.8 Å². The van der Waals surface area contributed by atoms with Gasteiger partial charge >= 0.3 is 0 Å². The number of ether oxygens (including phenoxy) is 1. The summed E-state index contributed by atoms with van der Waals surface area (Å²) >= 11 is 5.84. The standard InChI is InChI=1S/C16H19ClN2O/c1-11-7-12(2)9-13(8-11)16(19-18)10-20-15-5-3-14(17)4-6-15/h3-9,16,19H,10,18H2,1-2H3. The largest absolute Gasteiger partial charge is 0.492 e. The van der Waals surface area contributed by atoms with Gasteiger partial charge in [-0.1, -0.05) is 40.9 Å². The van der Waals surface area contributed by atoms with Crippen molar-refractivity contribution in [1.29, 1.82) is 0 Å². The number of nitrogens with two attached hydrogens (primary N) is 1. The highest BCUT2D eigenvalue weighted by molar-refractivity contribution is 6.30. The molecule has 0 heterocycles. The van der Waals surface area contributed by atoms with E-state index in [0.717, 1.165) is 11.3 Å². The van der Waals surface area contributed by atoms with Crippen molar-refractivity contribution in [2.24, 2.45) is 5.84 Å². The molecule has 2 aromatic rings. The molecule has 0 aliphatic rings. The Morgan fingerprint density at radius 3 is 2.25 bits per heavy atom. The topological polar surface area (TPSA) is 47.3 Å². The molecule has 3 nitrogen and oxygen atoms in total. The van der Waals surface area contributed by atoms with Crippen molar-refractivity contribution in [3.05, 3.63) is 64.2 Å². The van der Waals surface area contributed by atoms with E-state index in [2.05, 4.69) is 37.5 Å². The molecule has 0 saturated carbocycles. The van der Waals surface area contributed by atoms with Crippen molar-refractivity contribution >= 4 is 11.6 Å². The monoisotopic (exact) mass is 290 g/mol. The third kappa shape index (κ3) is 3.97. The average Bonchev–Trinajstić information content (AvgIpc) is 2.40. The number of aryl methyl sites for hydroxylation is 2. The Morgan fingerprint density at radius 2 is 1.70 bits per heavy atom. The average molecular weight is 291 g/mol. The molecule has 0 radical (unpaired) electrons. The zero-order valence-electron chi connectivity index (χ0n) is 11.7. The van der Waals surface area contributed by atoms with E-state index in [1.807, 2.05) is 12.1 Å². The van der Waals surface area contributed by atoms with Crippen LogP contribution in [-0.2, 0) is 0 Å². The Bertz CT molecular complexity index is 549. The van der Waals surface area contributed by atoms with Gasteiger partial charge in [0.15, 0.2) is 0 Å². The van der Waals surface area contributed by atoms with Crippen molar-refractivity contribution in [2.75, 3.05) is 6.61 Å². The molecule has 0 aromatic heterocycles. The molecular weight excluding hydrogens is 272 g/mol. The Kier molecular flexibility index (Phi) is 5.01. The van der Waals surface area contributed by atoms with Crippen molar-refractivity contribution in [1.82, 2.24) is 5.43 Å². The summed E-state index contributed by atoms with van der Waals surface area (Å²) in [5.41, 5.74) is 6.36. The molecule has 0 fully saturated rings. The first-order valence-electron chi connectivity index (χ1n) is 6.51. The van der Waals surface area contributed by atoms with Crippen molar-refractivity contribution in [2.45, 2.75) is 19.9 Å². The minimum absolute atomic E-state index is 0.0516. The van der Waals surface area contributed by atoms with Gasteiger partial charge in [-0.3, -0.25) is 5.84 Å². The van der Waals surface area contributed by atoms with E-state index in [1.165, 1.54) is 11.1 Å². The quantitative estimate of drug-likeness (QED) is 0.654. The number of hydrazine groups is 1. The minimum Gasteiger partial charge on any atom is -0.492 e. The molecule has 106 valence electrons. The van der Waals surface area contributed by atoms with Crippen LogP contribution in [0.25, 0.3) is 0 Å². The molecule has 4 heteroatoms. The summed E-state index contributed by atoms with van der Waals surface area (Å²) in [6.45, 7) is 4.61. The third-order valence-electron chi connectivity index (χ3n) is 3.08. The zero-order chi connectivity index (χ0) is 14.5. The smallest absolute Gasteiger partial charge is 0.119 e. The Balaban J connectivity index is 2.07. The van der Waals surface area contributed by atoms with E-state index in [-0.39, 0.29) is 6.04 Å². The molecule has 0 spiro atoms. The van der Waals surface area contributed by atoms with Crippen LogP contribution >= 0.6 is 11.6 Å². The molecule has 0 bridgehead atoms. The number of halogens is 1. The Labute approximate surface area is 124 Å². The first-order chi connectivity index (χ1) is 9.58. The van der Waals surface area contributed by atoms with Gasteiger partial charge in [-0.25, -0.2) is 5.43 Å². The van der Waals surface area contributed by atoms with Gasteiger partial charge in [-0.2, -0.15) is 0 Å². The number of hydrogen-bond acceptors (Lipinski definition) is 3. The minimum atomic E-state index is -0.0516. The maximum Gasteiger partial charge on any atom is 0.119 e. The van der Waals surface area contributed by atoms with Crippen molar-refractivity contribution in [3.63, 3.8) is 0 Å². The normalized spacial score (nSPS) is 12.2. The lowest BCUT2D eigenvalue weighted by Crippen LogP contribution is -2.32. The summed E-state index contributed by atoms with van der Waals surface area (Å²) in [6.07, 6.45) is 0. The number of hydrogen-bond donors (Lipinski definition) is 2. The van der Waals surface area contributed by atoms with Crippen LogP contribution in [-0.4, -0.2) is 6.61 Å². The first-order valence-corrected chi connectivity index (χ1v) is 6.89. The van der Waals surface area contributed by atoms with Crippen LogP contribution in [0.2, 0.25) is 5.02 Å². The number of benzene rings is 2. The summed E-state index contributed by atoms with van der Waals surface area (Å²) in [6, 6.07) is 13.6. The predicted molar refractivity (Wildman–Crippen MR) is 82.9 cm³/mol. The van der Waals surface area contributed by atoms with Gasteiger partial charge in [0, 0.05) is 5.02 Å². The van der Waals surface area contributed by atoms with Gasteiger partial charge in [0.05, 0.1) is 6.04 Å². The second-order valence-electron chi connectivity index (χ2n) is 4.91. The fourth-order valence-electron chi connectivity index (χ4n) is 2.16. The lowest BCUT2D eigenvalue weighted by Gasteiger charge is -2.18. The first kappa shape index (κ1) is 14.9. The van der Waals surface area contributed by atoms with Gasteiger partial charge in [0.1, 0.15) is 12.4 Å². The molecule has 0 aliphatic heterocycles. The summed E-state index contributed by atoms with van der Waals surface area (Å²) < 4.78 is 5.75. The third-order valence-corrected chi connectivity index (χ3v) is 3.33. The molecular formula is C16H19ClN2O. The number of nitrogens with one attached hydrogen (secondary N) is 1. The van der Waals surface area contributed by atoms with E-state index in [4.69, 9.17) is 22.2 Å². The molecule has 1 unspecified atom stereocenters. The van der Waals surface area contributed by atoms with Crippen LogP contribution in [0.15, 0.2) is 42.5 Å². The maximum atomic E-state index is 5.84. The molecule has 20 heavy (non-hydrogen) atoms. The molecule has 0 aliphatic carbocycles. The molecule has 0 amide bonds. The van der Waals surface area contributed by atoms with E-state index >= 15 is 0 Å². The fraction of sp³-hybridized carbons (Fsp3) is 0.250. The summed E-state index contributed by atoms with van der Waals surface area (Å²) in [4.78, 5) is 0. The van der Waals surface area contributed by atoms with Gasteiger partial charge in [-0.05, 0) is 43.7 Å². The lowest BCUT2D eigenvalue weighted by atomic mass is 10.0. The van der Waals surface area contributed by atoms with Crippen LogP contribution in [0.1, 0.15) is 22.7 Å². The zero-order valence-corrected chi connectivity index (χ0v) is 12.4. The van der Waals surface area contributed by atoms with Crippen LogP contribution in [0.4, 0.5) is 0 Å². The summed E-state index contributed by atoms with van der Waals surface area (Å²) in [5.74, 6) is 6.42. The van der Waals surface area contributed by atoms with Gasteiger partial charge in [0.2, 0.25) is 0 Å². The highest BCUT2D eigenvalue weighted by Gasteiger charge is 2.11. The lowest BCUT2D eigenvalue weighted by molar-refractivity contribution is 0.267. The molecule has 3 N–H and O–H groups in total. The van der Waals surface area contributed by atoms with Gasteiger partial charge < -0.3 is 4.74 Å². The predicted octanol–water partition coefficient (Wildman–Crippen LogP) is 3.54. The highest BCUT2D eigenvalue weighted by Crippen LogP contribution is 2.20. The second-order valence-corrected chi connectivity index (χ2v) is 5.34. The van der Waals surface area contributed by atoms with Crippen molar-refractivity contribution in [3.8, 4) is 5.75 Å². The fourth-order valence-corrected chi connectivity index (χ4v) is 2.29. The molecule has 2 aromatic carbocycles.